The van der Waals surface area contributed by atoms with Gasteiger partial charge in [-0.2, -0.15) is 0 Å². The minimum atomic E-state index is -0.0396. The number of ether oxygens (including phenoxy) is 1. The fraction of sp³-hybridized carbons (Fsp3) is 0.962. The SMILES string of the molecule is CC(C)CC(=O)OCC1(C)CC(C)CC(C)(C)C1.CC1CCC(C)(C)CC1C. The summed E-state index contributed by atoms with van der Waals surface area (Å²) in [5.74, 6) is 2.98. The Morgan fingerprint density at radius 3 is 2.00 bits per heavy atom. The first-order chi connectivity index (χ1) is 12.6. The van der Waals surface area contributed by atoms with Crippen LogP contribution in [0.1, 0.15) is 114 Å². The highest BCUT2D eigenvalue weighted by Crippen LogP contribution is 2.48. The molecule has 0 bridgehead atoms. The first-order valence-electron chi connectivity index (χ1n) is 11.8. The van der Waals surface area contributed by atoms with Gasteiger partial charge in [-0.3, -0.25) is 4.79 Å². The normalized spacial score (nSPS) is 34.3. The van der Waals surface area contributed by atoms with Crippen LogP contribution in [0.2, 0.25) is 0 Å². The lowest BCUT2D eigenvalue weighted by Gasteiger charge is -2.45. The van der Waals surface area contributed by atoms with E-state index in [0.29, 0.717) is 29.8 Å². The molecule has 2 rings (SSSR count). The number of hydrogen-bond acceptors (Lipinski definition) is 2. The third-order valence-corrected chi connectivity index (χ3v) is 6.93. The van der Waals surface area contributed by atoms with Crippen LogP contribution >= 0.6 is 0 Å². The molecule has 0 heterocycles. The van der Waals surface area contributed by atoms with Crippen LogP contribution in [0.5, 0.6) is 0 Å². The fourth-order valence-electron chi connectivity index (χ4n) is 5.99. The summed E-state index contributed by atoms with van der Waals surface area (Å²) in [6.07, 6.45) is 8.43. The molecule has 2 aliphatic rings. The molecule has 2 heteroatoms. The molecular formula is C26H50O2. The Kier molecular flexibility index (Phi) is 9.10. The van der Waals surface area contributed by atoms with Crippen LogP contribution in [-0.4, -0.2) is 12.6 Å². The minimum Gasteiger partial charge on any atom is -0.465 e. The molecule has 0 saturated heterocycles. The summed E-state index contributed by atoms with van der Waals surface area (Å²) in [6.45, 7) is 23.5. The van der Waals surface area contributed by atoms with E-state index in [1.54, 1.807) is 0 Å². The lowest BCUT2D eigenvalue weighted by Crippen LogP contribution is -2.38. The Labute approximate surface area is 176 Å². The fourth-order valence-corrected chi connectivity index (χ4v) is 5.99. The van der Waals surface area contributed by atoms with Gasteiger partial charge in [0.15, 0.2) is 0 Å². The van der Waals surface area contributed by atoms with Crippen LogP contribution in [0.4, 0.5) is 0 Å². The maximum Gasteiger partial charge on any atom is 0.306 e. The van der Waals surface area contributed by atoms with Gasteiger partial charge in [0.1, 0.15) is 0 Å². The molecule has 0 N–H and O–H groups in total. The van der Waals surface area contributed by atoms with Crippen molar-refractivity contribution >= 4 is 5.97 Å². The molecule has 0 aromatic heterocycles. The van der Waals surface area contributed by atoms with Crippen molar-refractivity contribution in [1.82, 2.24) is 0 Å². The summed E-state index contributed by atoms with van der Waals surface area (Å²) in [5, 5.41) is 0. The Hall–Kier alpha value is -0.530. The van der Waals surface area contributed by atoms with Gasteiger partial charge in [-0.1, -0.05) is 69.2 Å². The first kappa shape index (κ1) is 25.5. The van der Waals surface area contributed by atoms with E-state index >= 15 is 0 Å². The second-order valence-electron chi connectivity index (χ2n) is 12.8. The quantitative estimate of drug-likeness (QED) is 0.453. The Morgan fingerprint density at radius 1 is 0.929 bits per heavy atom. The van der Waals surface area contributed by atoms with E-state index in [-0.39, 0.29) is 11.4 Å². The lowest BCUT2D eigenvalue weighted by atomic mass is 9.61. The van der Waals surface area contributed by atoms with Crippen LogP contribution in [0.15, 0.2) is 0 Å². The van der Waals surface area contributed by atoms with Crippen LogP contribution in [-0.2, 0) is 9.53 Å². The Bertz CT molecular complexity index is 491. The van der Waals surface area contributed by atoms with E-state index in [0.717, 1.165) is 24.2 Å². The molecule has 0 aliphatic heterocycles. The van der Waals surface area contributed by atoms with Crippen molar-refractivity contribution in [1.29, 1.82) is 0 Å². The zero-order valence-corrected chi connectivity index (χ0v) is 20.8. The molecule has 0 amide bonds. The summed E-state index contributed by atoms with van der Waals surface area (Å²) >= 11 is 0. The van der Waals surface area contributed by atoms with Crippen molar-refractivity contribution in [3.8, 4) is 0 Å². The third kappa shape index (κ3) is 9.31. The number of esters is 1. The molecule has 2 aliphatic carbocycles. The van der Waals surface area contributed by atoms with Crippen molar-refractivity contribution in [2.24, 2.45) is 39.9 Å². The van der Waals surface area contributed by atoms with Gasteiger partial charge in [-0.25, -0.2) is 0 Å². The average Bonchev–Trinajstić information content (AvgIpc) is 2.47. The second kappa shape index (κ2) is 9.98. The molecule has 4 unspecified atom stereocenters. The zero-order chi connectivity index (χ0) is 21.8. The van der Waals surface area contributed by atoms with Crippen LogP contribution in [0.3, 0.4) is 0 Å². The summed E-state index contributed by atoms with van der Waals surface area (Å²) in [6, 6.07) is 0. The smallest absolute Gasteiger partial charge is 0.306 e. The molecule has 4 atom stereocenters. The Balaban J connectivity index is 0.000000330. The first-order valence-corrected chi connectivity index (χ1v) is 11.8. The monoisotopic (exact) mass is 394 g/mol. The standard InChI is InChI=1S/C16H30O2.C10H20/c1-12(2)7-14(17)18-11-16(6)9-13(3)8-15(4,5)10-16;1-8-5-6-10(3,4)7-9(8)2/h12-13H,7-11H2,1-6H3;8-9H,5-7H2,1-4H3. The van der Waals surface area contributed by atoms with E-state index < -0.39 is 0 Å². The molecule has 0 aromatic carbocycles. The second-order valence-corrected chi connectivity index (χ2v) is 12.8. The van der Waals surface area contributed by atoms with E-state index in [4.69, 9.17) is 4.74 Å². The summed E-state index contributed by atoms with van der Waals surface area (Å²) < 4.78 is 5.50. The van der Waals surface area contributed by atoms with Crippen LogP contribution < -0.4 is 0 Å². The van der Waals surface area contributed by atoms with Gasteiger partial charge in [0.05, 0.1) is 6.61 Å². The highest BCUT2D eigenvalue weighted by Gasteiger charge is 2.40. The maximum atomic E-state index is 11.7. The highest BCUT2D eigenvalue weighted by atomic mass is 16.5. The number of carbonyl (C=O) groups excluding carboxylic acids is 1. The zero-order valence-electron chi connectivity index (χ0n) is 20.8. The van der Waals surface area contributed by atoms with Crippen molar-refractivity contribution in [3.05, 3.63) is 0 Å². The van der Waals surface area contributed by atoms with Crippen molar-refractivity contribution in [2.75, 3.05) is 6.61 Å². The molecule has 2 fully saturated rings. The highest BCUT2D eigenvalue weighted by molar-refractivity contribution is 5.69. The van der Waals surface area contributed by atoms with Gasteiger partial charge in [0, 0.05) is 11.8 Å². The van der Waals surface area contributed by atoms with E-state index in [9.17, 15) is 4.79 Å². The summed E-state index contributed by atoms with van der Waals surface area (Å²) in [7, 11) is 0. The topological polar surface area (TPSA) is 26.3 Å². The van der Waals surface area contributed by atoms with Gasteiger partial charge in [0.25, 0.3) is 0 Å². The average molecular weight is 395 g/mol. The molecule has 0 radical (unpaired) electrons. The van der Waals surface area contributed by atoms with Crippen LogP contribution in [0.25, 0.3) is 0 Å². The molecule has 2 saturated carbocycles. The predicted octanol–water partition coefficient (Wildman–Crippen LogP) is 7.90. The largest absolute Gasteiger partial charge is 0.465 e. The van der Waals surface area contributed by atoms with Crippen molar-refractivity contribution in [3.63, 3.8) is 0 Å². The van der Waals surface area contributed by atoms with Crippen molar-refractivity contribution < 1.29 is 9.53 Å². The summed E-state index contributed by atoms with van der Waals surface area (Å²) in [4.78, 5) is 11.7. The molecule has 0 aromatic rings. The van der Waals surface area contributed by atoms with E-state index in [1.807, 2.05) is 0 Å². The van der Waals surface area contributed by atoms with Gasteiger partial charge in [-0.05, 0) is 73.0 Å². The predicted molar refractivity (Wildman–Crippen MR) is 121 cm³/mol. The number of carbonyl (C=O) groups is 1. The van der Waals surface area contributed by atoms with Crippen molar-refractivity contribution in [2.45, 2.75) is 114 Å². The third-order valence-electron chi connectivity index (χ3n) is 6.93. The van der Waals surface area contributed by atoms with Gasteiger partial charge in [-0.15, -0.1) is 0 Å². The van der Waals surface area contributed by atoms with Crippen LogP contribution in [0, 0.1) is 39.9 Å². The van der Waals surface area contributed by atoms with E-state index in [1.165, 1.54) is 32.1 Å². The number of hydrogen-bond donors (Lipinski definition) is 0. The van der Waals surface area contributed by atoms with Gasteiger partial charge >= 0.3 is 5.97 Å². The molecule has 28 heavy (non-hydrogen) atoms. The van der Waals surface area contributed by atoms with Gasteiger partial charge < -0.3 is 4.74 Å². The van der Waals surface area contributed by atoms with Gasteiger partial charge in [0.2, 0.25) is 0 Å². The molecular weight excluding hydrogens is 344 g/mol. The molecule has 2 nitrogen and oxygen atoms in total. The Morgan fingerprint density at radius 2 is 1.54 bits per heavy atom. The van der Waals surface area contributed by atoms with E-state index in [2.05, 4.69) is 69.2 Å². The minimum absolute atomic E-state index is 0.0396. The lowest BCUT2D eigenvalue weighted by molar-refractivity contribution is -0.150. The number of rotatable bonds is 4. The maximum absolute atomic E-state index is 11.7. The molecule has 166 valence electrons. The molecule has 0 spiro atoms. The summed E-state index contributed by atoms with van der Waals surface area (Å²) in [5.41, 5.74) is 1.16.